The van der Waals surface area contributed by atoms with Crippen molar-refractivity contribution in [2.45, 2.75) is 137 Å². The van der Waals surface area contributed by atoms with Crippen LogP contribution in [0.4, 0.5) is 52.7 Å². The van der Waals surface area contributed by atoms with Crippen LogP contribution in [-0.4, -0.2) is 19.8 Å². The van der Waals surface area contributed by atoms with Crippen molar-refractivity contribution in [1.29, 1.82) is 0 Å². The fourth-order valence-corrected chi connectivity index (χ4v) is 9.94. The SMILES string of the molecule is CCCCCCCc1ccc2cc(-c3cc(F)c(OC(F)F)c(F)c3)ccc2c1.CCCCCCc1ccc2cc(-c3cc(F)c(OC(F)F)c(F)c3)ccc2c1.CCCCCc1ccc2cc(-c3cc(F)c(OC(F)F)c(F)c3)ccc2c1. The first-order valence-electron chi connectivity index (χ1n) is 28.3. The molecule has 3 nitrogen and oxygen atoms in total. The molecule has 0 spiro atoms. The van der Waals surface area contributed by atoms with E-state index in [9.17, 15) is 52.7 Å². The van der Waals surface area contributed by atoms with E-state index in [1.54, 1.807) is 18.2 Å². The molecular weight excluding hydrogens is 1100 g/mol. The molecular formula is C69H66F12O3. The molecule has 0 saturated carbocycles. The van der Waals surface area contributed by atoms with E-state index in [1.807, 2.05) is 54.6 Å². The van der Waals surface area contributed by atoms with Crippen molar-refractivity contribution in [2.75, 3.05) is 0 Å². The summed E-state index contributed by atoms with van der Waals surface area (Å²) < 4.78 is 169. The third kappa shape index (κ3) is 18.2. The van der Waals surface area contributed by atoms with Gasteiger partial charge in [0.2, 0.25) is 0 Å². The Hall–Kier alpha value is -7.68. The summed E-state index contributed by atoms with van der Waals surface area (Å²) in [5.74, 6) is -10.1. The van der Waals surface area contributed by atoms with Gasteiger partial charge in [0.25, 0.3) is 0 Å². The molecule has 0 N–H and O–H groups in total. The summed E-state index contributed by atoms with van der Waals surface area (Å²) in [6.45, 7) is -3.30. The Kier molecular flexibility index (Phi) is 23.8. The number of halogens is 12. The van der Waals surface area contributed by atoms with E-state index in [1.165, 1.54) is 74.5 Å². The van der Waals surface area contributed by atoms with Gasteiger partial charge in [-0.1, -0.05) is 170 Å². The number of rotatable bonds is 24. The molecule has 0 amide bonds. The van der Waals surface area contributed by atoms with Crippen molar-refractivity contribution >= 4 is 32.3 Å². The maximum atomic E-state index is 14.0. The Labute approximate surface area is 482 Å². The second kappa shape index (κ2) is 31.3. The number of ether oxygens (including phenoxy) is 3. The first-order chi connectivity index (χ1) is 40.4. The predicted octanol–water partition coefficient (Wildman–Crippen LogP) is 22.5. The first kappa shape index (κ1) is 63.9. The average Bonchev–Trinajstić information content (AvgIpc) is 3.67. The van der Waals surface area contributed by atoms with Crippen molar-refractivity contribution in [3.05, 3.63) is 197 Å². The normalized spacial score (nSPS) is 11.4. The Morgan fingerprint density at radius 1 is 0.262 bits per heavy atom. The van der Waals surface area contributed by atoms with Gasteiger partial charge in [-0.25, -0.2) is 26.3 Å². The van der Waals surface area contributed by atoms with Gasteiger partial charge in [0.05, 0.1) is 0 Å². The van der Waals surface area contributed by atoms with E-state index in [0.717, 1.165) is 107 Å². The molecule has 0 aliphatic heterocycles. The molecule has 0 aliphatic carbocycles. The van der Waals surface area contributed by atoms with E-state index in [0.29, 0.717) is 16.7 Å². The highest BCUT2D eigenvalue weighted by molar-refractivity contribution is 5.90. The van der Waals surface area contributed by atoms with Gasteiger partial charge in [-0.2, -0.15) is 26.3 Å². The minimum Gasteiger partial charge on any atom is -0.429 e. The van der Waals surface area contributed by atoms with Crippen molar-refractivity contribution < 1.29 is 66.9 Å². The molecule has 0 saturated heterocycles. The zero-order valence-corrected chi connectivity index (χ0v) is 47.0. The van der Waals surface area contributed by atoms with Crippen LogP contribution in [0.25, 0.3) is 65.7 Å². The topological polar surface area (TPSA) is 27.7 Å². The van der Waals surface area contributed by atoms with Gasteiger partial charge in [-0.15, -0.1) is 0 Å². The number of benzene rings is 9. The van der Waals surface area contributed by atoms with Crippen molar-refractivity contribution in [1.82, 2.24) is 0 Å². The van der Waals surface area contributed by atoms with E-state index in [-0.39, 0.29) is 16.7 Å². The Morgan fingerprint density at radius 3 is 0.762 bits per heavy atom. The number of hydrogen-bond acceptors (Lipinski definition) is 3. The zero-order valence-electron chi connectivity index (χ0n) is 47.0. The molecule has 15 heteroatoms. The molecule has 0 unspecified atom stereocenters. The number of fused-ring (bicyclic) bond motifs is 3. The summed E-state index contributed by atoms with van der Waals surface area (Å²) in [5, 5.41) is 6.00. The molecule has 0 fully saturated rings. The van der Waals surface area contributed by atoms with Gasteiger partial charge < -0.3 is 14.2 Å². The summed E-state index contributed by atoms with van der Waals surface area (Å²) in [6.07, 6.45) is 17.6. The van der Waals surface area contributed by atoms with Crippen LogP contribution in [0.5, 0.6) is 17.2 Å². The molecule has 9 aromatic carbocycles. The fraction of sp³-hybridized carbons (Fsp3) is 0.304. The molecule has 0 atom stereocenters. The standard InChI is InChI=1S/C24H24F4O.C23H22F4O.C22H20F4O/c1-2-3-4-5-6-7-16-8-9-18-13-19(11-10-17(18)12-16)20-14-21(25)23(22(26)15-20)29-24(27)28;1-2-3-4-5-6-15-7-8-17-12-18(10-9-16(17)11-15)19-13-20(24)22(21(25)14-19)28-23(26)27;1-2-3-4-5-14-6-7-16-11-17(9-8-15(16)10-14)18-12-19(23)21(20(24)13-18)27-22(25)26/h8-15,24H,2-7H2,1H3;7-14,23H,2-6H2,1H3;6-13,22H,2-5H2,1H3. The predicted molar refractivity (Wildman–Crippen MR) is 311 cm³/mol. The molecule has 0 aromatic heterocycles. The maximum absolute atomic E-state index is 14.0. The van der Waals surface area contributed by atoms with Crippen LogP contribution in [0, 0.1) is 34.9 Å². The quantitative estimate of drug-likeness (QED) is 0.0446. The van der Waals surface area contributed by atoms with E-state index < -0.39 is 72.0 Å². The number of aryl methyl sites for hydroxylation is 3. The molecule has 9 rings (SSSR count). The lowest BCUT2D eigenvalue weighted by molar-refractivity contribution is -0.0551. The van der Waals surface area contributed by atoms with Crippen LogP contribution < -0.4 is 14.2 Å². The van der Waals surface area contributed by atoms with Crippen LogP contribution in [0.3, 0.4) is 0 Å². The minimum atomic E-state index is -3.29. The first-order valence-corrected chi connectivity index (χ1v) is 28.3. The smallest absolute Gasteiger partial charge is 0.387 e. The summed E-state index contributed by atoms with van der Waals surface area (Å²) in [7, 11) is 0. The largest absolute Gasteiger partial charge is 0.429 e. The summed E-state index contributed by atoms with van der Waals surface area (Å²) in [5.41, 5.74) is 6.40. The van der Waals surface area contributed by atoms with Gasteiger partial charge in [0.1, 0.15) is 0 Å². The van der Waals surface area contributed by atoms with Gasteiger partial charge in [-0.3, -0.25) is 0 Å². The Bertz CT molecular complexity index is 3530. The van der Waals surface area contributed by atoms with Crippen LogP contribution in [-0.2, 0) is 19.3 Å². The van der Waals surface area contributed by atoms with Gasteiger partial charge in [-0.05, 0) is 176 Å². The van der Waals surface area contributed by atoms with Crippen molar-refractivity contribution in [3.8, 4) is 50.6 Å². The lowest BCUT2D eigenvalue weighted by Crippen LogP contribution is -2.06. The molecule has 444 valence electrons. The summed E-state index contributed by atoms with van der Waals surface area (Å²) >= 11 is 0. The van der Waals surface area contributed by atoms with Crippen LogP contribution >= 0.6 is 0 Å². The maximum Gasteiger partial charge on any atom is 0.387 e. The fourth-order valence-electron chi connectivity index (χ4n) is 9.94. The summed E-state index contributed by atoms with van der Waals surface area (Å²) in [6, 6.07) is 41.1. The third-order valence-corrected chi connectivity index (χ3v) is 14.3. The average molecular weight is 1170 g/mol. The number of hydrogen-bond donors (Lipinski definition) is 0. The van der Waals surface area contributed by atoms with Crippen LogP contribution in [0.15, 0.2) is 146 Å². The van der Waals surface area contributed by atoms with Crippen molar-refractivity contribution in [3.63, 3.8) is 0 Å². The highest BCUT2D eigenvalue weighted by atomic mass is 19.3. The second-order valence-electron chi connectivity index (χ2n) is 20.6. The zero-order chi connectivity index (χ0) is 60.3. The highest BCUT2D eigenvalue weighted by Crippen LogP contribution is 2.36. The van der Waals surface area contributed by atoms with Crippen LogP contribution in [0.2, 0.25) is 0 Å². The monoisotopic (exact) mass is 1170 g/mol. The highest BCUT2D eigenvalue weighted by Gasteiger charge is 2.21. The Morgan fingerprint density at radius 2 is 0.488 bits per heavy atom. The lowest BCUT2D eigenvalue weighted by atomic mass is 9.98. The van der Waals surface area contributed by atoms with E-state index in [4.69, 9.17) is 0 Å². The third-order valence-electron chi connectivity index (χ3n) is 14.3. The molecule has 0 bridgehead atoms. The number of unbranched alkanes of at least 4 members (excludes halogenated alkanes) is 9. The molecule has 0 radical (unpaired) electrons. The molecule has 0 heterocycles. The molecule has 0 aliphatic rings. The van der Waals surface area contributed by atoms with E-state index in [2.05, 4.69) is 71.4 Å². The van der Waals surface area contributed by atoms with Gasteiger partial charge in [0.15, 0.2) is 52.2 Å². The van der Waals surface area contributed by atoms with Gasteiger partial charge >= 0.3 is 19.8 Å². The van der Waals surface area contributed by atoms with E-state index >= 15 is 0 Å². The molecule has 84 heavy (non-hydrogen) atoms. The van der Waals surface area contributed by atoms with Crippen molar-refractivity contribution in [2.24, 2.45) is 0 Å². The number of alkyl halides is 6. The molecule has 9 aromatic rings. The lowest BCUT2D eigenvalue weighted by Gasteiger charge is -2.10. The minimum absolute atomic E-state index is 0.264. The van der Waals surface area contributed by atoms with Gasteiger partial charge in [0, 0.05) is 0 Å². The second-order valence-corrected chi connectivity index (χ2v) is 20.6. The Balaban J connectivity index is 0.000000181. The summed E-state index contributed by atoms with van der Waals surface area (Å²) in [4.78, 5) is 0. The van der Waals surface area contributed by atoms with Crippen LogP contribution in [0.1, 0.15) is 115 Å².